The van der Waals surface area contributed by atoms with Crippen LogP contribution in [-0.4, -0.2) is 41.2 Å². The Bertz CT molecular complexity index is 740. The van der Waals surface area contributed by atoms with Crippen LogP contribution in [-0.2, 0) is 6.54 Å². The van der Waals surface area contributed by atoms with Crippen molar-refractivity contribution in [3.8, 4) is 0 Å². The summed E-state index contributed by atoms with van der Waals surface area (Å²) >= 11 is 1.78. The topological polar surface area (TPSA) is 45.4 Å². The van der Waals surface area contributed by atoms with E-state index in [9.17, 15) is 0 Å². The lowest BCUT2D eigenvalue weighted by Gasteiger charge is -2.33. The fourth-order valence-electron chi connectivity index (χ4n) is 2.80. The smallest absolute Gasteiger partial charge is 0.186 e. The van der Waals surface area contributed by atoms with E-state index in [0.29, 0.717) is 0 Å². The highest BCUT2D eigenvalue weighted by molar-refractivity contribution is 7.22. The van der Waals surface area contributed by atoms with Crippen molar-refractivity contribution >= 4 is 26.7 Å². The van der Waals surface area contributed by atoms with Crippen molar-refractivity contribution in [1.82, 2.24) is 15.0 Å². The number of para-hydroxylation sites is 1. The minimum absolute atomic E-state index is 0.842. The Morgan fingerprint density at radius 2 is 2.00 bits per heavy atom. The maximum Gasteiger partial charge on any atom is 0.186 e. The molecule has 5 nitrogen and oxygen atoms in total. The maximum atomic E-state index is 5.30. The Labute approximate surface area is 133 Å². The first-order chi connectivity index (χ1) is 10.8. The van der Waals surface area contributed by atoms with E-state index in [1.54, 1.807) is 11.3 Å². The second-order valence-corrected chi connectivity index (χ2v) is 6.67. The summed E-state index contributed by atoms with van der Waals surface area (Å²) in [6.07, 6.45) is 0. The number of aryl methyl sites for hydroxylation is 1. The molecule has 0 saturated carbocycles. The van der Waals surface area contributed by atoms with Gasteiger partial charge in [0.05, 0.1) is 22.5 Å². The lowest BCUT2D eigenvalue weighted by atomic mass is 10.3. The molecule has 1 saturated heterocycles. The molecule has 0 unspecified atom stereocenters. The molecule has 6 heteroatoms. The van der Waals surface area contributed by atoms with Crippen LogP contribution in [0.1, 0.15) is 11.5 Å². The van der Waals surface area contributed by atoms with Gasteiger partial charge in [0.15, 0.2) is 10.9 Å². The van der Waals surface area contributed by atoms with Gasteiger partial charge in [-0.3, -0.25) is 4.90 Å². The van der Waals surface area contributed by atoms with Gasteiger partial charge in [-0.05, 0) is 19.1 Å². The number of hydrogen-bond acceptors (Lipinski definition) is 6. The number of fused-ring (bicyclic) bond motifs is 1. The van der Waals surface area contributed by atoms with Crippen LogP contribution >= 0.6 is 11.3 Å². The molecule has 22 heavy (non-hydrogen) atoms. The molecule has 0 radical (unpaired) electrons. The third-order valence-corrected chi connectivity index (χ3v) is 5.08. The fraction of sp³-hybridized carbons (Fsp3) is 0.375. The van der Waals surface area contributed by atoms with Gasteiger partial charge < -0.3 is 9.42 Å². The van der Waals surface area contributed by atoms with E-state index in [-0.39, 0.29) is 0 Å². The van der Waals surface area contributed by atoms with E-state index in [1.165, 1.54) is 4.70 Å². The molecule has 3 aromatic rings. The molecule has 0 bridgehead atoms. The quantitative estimate of drug-likeness (QED) is 0.744. The van der Waals surface area contributed by atoms with Gasteiger partial charge in [0.2, 0.25) is 0 Å². The van der Waals surface area contributed by atoms with Crippen LogP contribution in [0.3, 0.4) is 0 Å². The molecule has 114 valence electrons. The van der Waals surface area contributed by atoms with Crippen molar-refractivity contribution in [3.05, 3.63) is 41.8 Å². The SMILES string of the molecule is Cc1cc(CN2CCN(c3nc4ccccc4s3)CC2)on1. The Morgan fingerprint density at radius 1 is 1.18 bits per heavy atom. The minimum Gasteiger partial charge on any atom is -0.360 e. The first-order valence-electron chi connectivity index (χ1n) is 7.53. The van der Waals surface area contributed by atoms with Crippen LogP contribution in [0.5, 0.6) is 0 Å². The lowest BCUT2D eigenvalue weighted by Crippen LogP contribution is -2.45. The molecule has 1 aromatic carbocycles. The van der Waals surface area contributed by atoms with Crippen LogP contribution in [0.15, 0.2) is 34.9 Å². The summed E-state index contributed by atoms with van der Waals surface area (Å²) in [5.74, 6) is 0.950. The zero-order valence-corrected chi connectivity index (χ0v) is 13.3. The number of aromatic nitrogens is 2. The molecule has 2 aromatic heterocycles. The van der Waals surface area contributed by atoms with Gasteiger partial charge in [-0.1, -0.05) is 28.6 Å². The molecule has 0 aliphatic carbocycles. The van der Waals surface area contributed by atoms with E-state index in [4.69, 9.17) is 9.51 Å². The number of anilines is 1. The third-order valence-electron chi connectivity index (χ3n) is 3.98. The molecule has 0 atom stereocenters. The predicted octanol–water partition coefficient (Wildman–Crippen LogP) is 2.91. The van der Waals surface area contributed by atoms with E-state index in [0.717, 1.165) is 54.8 Å². The third kappa shape index (κ3) is 2.71. The highest BCUT2D eigenvalue weighted by atomic mass is 32.1. The zero-order chi connectivity index (χ0) is 14.9. The zero-order valence-electron chi connectivity index (χ0n) is 12.5. The molecule has 1 aliphatic rings. The lowest BCUT2D eigenvalue weighted by molar-refractivity contribution is 0.219. The molecule has 1 fully saturated rings. The summed E-state index contributed by atoms with van der Waals surface area (Å²) in [4.78, 5) is 9.53. The largest absolute Gasteiger partial charge is 0.360 e. The van der Waals surface area contributed by atoms with Crippen molar-refractivity contribution < 1.29 is 4.52 Å². The van der Waals surface area contributed by atoms with E-state index < -0.39 is 0 Å². The molecule has 0 N–H and O–H groups in total. The highest BCUT2D eigenvalue weighted by Gasteiger charge is 2.20. The Hall–Kier alpha value is -1.92. The summed E-state index contributed by atoms with van der Waals surface area (Å²) < 4.78 is 6.56. The Balaban J connectivity index is 1.40. The van der Waals surface area contributed by atoms with Crippen molar-refractivity contribution in [1.29, 1.82) is 0 Å². The molecule has 0 spiro atoms. The maximum absolute atomic E-state index is 5.30. The Morgan fingerprint density at radius 3 is 2.73 bits per heavy atom. The molecule has 4 rings (SSSR count). The Kier molecular flexibility index (Phi) is 3.56. The number of hydrogen-bond donors (Lipinski definition) is 0. The second-order valence-electron chi connectivity index (χ2n) is 5.66. The standard InChI is InChI=1S/C16H18N4OS/c1-12-10-13(21-18-12)11-19-6-8-20(9-7-19)16-17-14-4-2-3-5-15(14)22-16/h2-5,10H,6-9,11H2,1H3. The van der Waals surface area contributed by atoms with E-state index in [1.807, 2.05) is 19.1 Å². The van der Waals surface area contributed by atoms with Gasteiger partial charge >= 0.3 is 0 Å². The molecule has 0 amide bonds. The first-order valence-corrected chi connectivity index (χ1v) is 8.35. The van der Waals surface area contributed by atoms with Gasteiger partial charge in [0, 0.05) is 32.2 Å². The summed E-state index contributed by atoms with van der Waals surface area (Å²) in [7, 11) is 0. The first kappa shape index (κ1) is 13.7. The number of nitrogens with zero attached hydrogens (tertiary/aromatic N) is 4. The van der Waals surface area contributed by atoms with Crippen LogP contribution in [0.4, 0.5) is 5.13 Å². The van der Waals surface area contributed by atoms with Gasteiger partial charge in [0.25, 0.3) is 0 Å². The number of piperazine rings is 1. The van der Waals surface area contributed by atoms with E-state index in [2.05, 4.69) is 33.2 Å². The van der Waals surface area contributed by atoms with Crippen molar-refractivity contribution in [2.75, 3.05) is 31.1 Å². The number of thiazole rings is 1. The summed E-state index contributed by atoms with van der Waals surface area (Å²) in [5, 5.41) is 5.08. The average Bonchev–Trinajstić information content (AvgIpc) is 3.14. The molecular formula is C16H18N4OS. The van der Waals surface area contributed by atoms with Crippen molar-refractivity contribution in [2.45, 2.75) is 13.5 Å². The fourth-order valence-corrected chi connectivity index (χ4v) is 3.82. The van der Waals surface area contributed by atoms with E-state index >= 15 is 0 Å². The molecule has 3 heterocycles. The van der Waals surface area contributed by atoms with Crippen LogP contribution in [0, 0.1) is 6.92 Å². The number of rotatable bonds is 3. The predicted molar refractivity (Wildman–Crippen MR) is 88.4 cm³/mol. The monoisotopic (exact) mass is 314 g/mol. The van der Waals surface area contributed by atoms with Crippen LogP contribution in [0.2, 0.25) is 0 Å². The normalized spacial score (nSPS) is 16.5. The summed E-state index contributed by atoms with van der Waals surface area (Å²) in [6.45, 7) is 6.86. The summed E-state index contributed by atoms with van der Waals surface area (Å²) in [6, 6.07) is 10.3. The summed E-state index contributed by atoms with van der Waals surface area (Å²) in [5.41, 5.74) is 2.05. The van der Waals surface area contributed by atoms with Crippen molar-refractivity contribution in [3.63, 3.8) is 0 Å². The van der Waals surface area contributed by atoms with Crippen LogP contribution in [0.25, 0.3) is 10.2 Å². The van der Waals surface area contributed by atoms with Crippen molar-refractivity contribution in [2.24, 2.45) is 0 Å². The van der Waals surface area contributed by atoms with Crippen LogP contribution < -0.4 is 4.90 Å². The number of benzene rings is 1. The van der Waals surface area contributed by atoms with Gasteiger partial charge in [-0.25, -0.2) is 4.98 Å². The highest BCUT2D eigenvalue weighted by Crippen LogP contribution is 2.29. The minimum atomic E-state index is 0.842. The molecule has 1 aliphatic heterocycles. The second kappa shape index (κ2) is 5.70. The van der Waals surface area contributed by atoms with Gasteiger partial charge in [0.1, 0.15) is 0 Å². The average molecular weight is 314 g/mol. The molecular weight excluding hydrogens is 296 g/mol. The van der Waals surface area contributed by atoms with Gasteiger partial charge in [-0.2, -0.15) is 0 Å². The van der Waals surface area contributed by atoms with Gasteiger partial charge in [-0.15, -0.1) is 0 Å².